The van der Waals surface area contributed by atoms with Gasteiger partial charge in [-0.3, -0.25) is 0 Å². The largest absolute Gasteiger partial charge is 0.507 e. The number of carboxylic acids is 1. The van der Waals surface area contributed by atoms with Crippen molar-refractivity contribution in [2.75, 3.05) is 6.61 Å². The number of carbonyl (C=O) groups is 1. The van der Waals surface area contributed by atoms with Crippen molar-refractivity contribution in [1.82, 2.24) is 0 Å². The molecule has 0 bridgehead atoms. The molecule has 7 nitrogen and oxygen atoms in total. The number of para-hydroxylation sites is 1. The van der Waals surface area contributed by atoms with Crippen LogP contribution in [0.15, 0.2) is 57.7 Å². The van der Waals surface area contributed by atoms with E-state index in [0.29, 0.717) is 24.1 Å². The Kier molecular flexibility index (Phi) is 7.76. The van der Waals surface area contributed by atoms with Crippen molar-refractivity contribution in [3.05, 3.63) is 64.5 Å². The Bertz CT molecular complexity index is 1100. The van der Waals surface area contributed by atoms with Gasteiger partial charge in [-0.15, -0.1) is 0 Å². The lowest BCUT2D eigenvalue weighted by Crippen LogP contribution is -2.20. The zero-order valence-electron chi connectivity index (χ0n) is 18.2. The SMILES string of the molecule is CC(C)CCC(CCc1c(O)c2ccc(OCC(=O)O)cc2oc1=O)Oc1ccccc1. The molecule has 2 N–H and O–H groups in total. The Morgan fingerprint density at radius 3 is 2.47 bits per heavy atom. The van der Waals surface area contributed by atoms with E-state index in [1.807, 2.05) is 30.3 Å². The predicted molar refractivity (Wildman–Crippen MR) is 121 cm³/mol. The molecule has 0 aliphatic rings. The van der Waals surface area contributed by atoms with Crippen LogP contribution in [-0.4, -0.2) is 28.9 Å². The molecule has 0 amide bonds. The number of benzene rings is 2. The summed E-state index contributed by atoms with van der Waals surface area (Å²) in [5, 5.41) is 19.8. The molecule has 0 saturated carbocycles. The summed E-state index contributed by atoms with van der Waals surface area (Å²) in [6.07, 6.45) is 2.55. The molecule has 1 unspecified atom stereocenters. The van der Waals surface area contributed by atoms with E-state index < -0.39 is 18.2 Å². The Morgan fingerprint density at radius 2 is 1.78 bits per heavy atom. The summed E-state index contributed by atoms with van der Waals surface area (Å²) in [7, 11) is 0. The minimum atomic E-state index is -1.12. The first-order valence-corrected chi connectivity index (χ1v) is 10.7. The van der Waals surface area contributed by atoms with Gasteiger partial charge in [0, 0.05) is 6.07 Å². The van der Waals surface area contributed by atoms with Gasteiger partial charge in [-0.1, -0.05) is 32.0 Å². The highest BCUT2D eigenvalue weighted by Crippen LogP contribution is 2.30. The average molecular weight is 440 g/mol. The molecule has 3 rings (SSSR count). The van der Waals surface area contributed by atoms with Gasteiger partial charge in [-0.2, -0.15) is 0 Å². The topological polar surface area (TPSA) is 106 Å². The normalized spacial score (nSPS) is 12.1. The highest BCUT2D eigenvalue weighted by atomic mass is 16.5. The minimum absolute atomic E-state index is 0.110. The van der Waals surface area contributed by atoms with Crippen molar-refractivity contribution in [2.24, 2.45) is 5.92 Å². The Morgan fingerprint density at radius 1 is 1.03 bits per heavy atom. The van der Waals surface area contributed by atoms with Crippen molar-refractivity contribution in [3.63, 3.8) is 0 Å². The highest BCUT2D eigenvalue weighted by molar-refractivity contribution is 5.85. The van der Waals surface area contributed by atoms with Crippen LogP contribution in [0.3, 0.4) is 0 Å². The zero-order chi connectivity index (χ0) is 23.1. The smallest absolute Gasteiger partial charge is 0.343 e. The zero-order valence-corrected chi connectivity index (χ0v) is 18.2. The van der Waals surface area contributed by atoms with Gasteiger partial charge in [0.05, 0.1) is 17.1 Å². The number of aromatic hydroxyl groups is 1. The molecule has 0 radical (unpaired) electrons. The van der Waals surface area contributed by atoms with Gasteiger partial charge in [0.1, 0.15) is 22.8 Å². The van der Waals surface area contributed by atoms with E-state index in [2.05, 4.69) is 13.8 Å². The maximum absolute atomic E-state index is 12.6. The molecular formula is C25H28O7. The van der Waals surface area contributed by atoms with Crippen molar-refractivity contribution in [3.8, 4) is 17.2 Å². The van der Waals surface area contributed by atoms with Crippen LogP contribution in [0.1, 0.15) is 38.7 Å². The minimum Gasteiger partial charge on any atom is -0.507 e. The van der Waals surface area contributed by atoms with Gasteiger partial charge >= 0.3 is 11.6 Å². The van der Waals surface area contributed by atoms with Gasteiger partial charge in [-0.25, -0.2) is 9.59 Å². The Balaban J connectivity index is 1.78. The molecule has 2 aromatic carbocycles. The van der Waals surface area contributed by atoms with E-state index in [1.165, 1.54) is 12.1 Å². The van der Waals surface area contributed by atoms with Crippen LogP contribution >= 0.6 is 0 Å². The average Bonchev–Trinajstić information content (AvgIpc) is 2.76. The second-order valence-electron chi connectivity index (χ2n) is 8.12. The number of hydrogen-bond acceptors (Lipinski definition) is 6. The number of hydrogen-bond donors (Lipinski definition) is 2. The van der Waals surface area contributed by atoms with E-state index in [-0.39, 0.29) is 28.7 Å². The first-order chi connectivity index (χ1) is 15.3. The van der Waals surface area contributed by atoms with Crippen molar-refractivity contribution < 1.29 is 28.9 Å². The molecule has 1 atom stereocenters. The molecule has 0 saturated heterocycles. The molecule has 1 aromatic heterocycles. The number of rotatable bonds is 11. The molecular weight excluding hydrogens is 412 g/mol. The standard InChI is InChI=1S/C25H28O7/c1-16(2)8-9-18(31-17-6-4-3-5-7-17)10-13-21-24(28)20-12-11-19(30-15-23(26)27)14-22(20)32-25(21)29/h3-7,11-12,14,16,18,28H,8-10,13,15H2,1-2H3,(H,26,27). The summed E-state index contributed by atoms with van der Waals surface area (Å²) in [4.78, 5) is 23.2. The number of fused-ring (bicyclic) bond motifs is 1. The summed E-state index contributed by atoms with van der Waals surface area (Å²) < 4.78 is 16.6. The van der Waals surface area contributed by atoms with Gasteiger partial charge in [-0.05, 0) is 55.9 Å². The number of aliphatic carboxylic acids is 1. The molecule has 170 valence electrons. The van der Waals surface area contributed by atoms with Crippen LogP contribution in [0.4, 0.5) is 0 Å². The number of carboxylic acid groups (broad SMARTS) is 1. The Hall–Kier alpha value is -3.48. The Labute approximate surface area is 186 Å². The van der Waals surface area contributed by atoms with Gasteiger partial charge in [0.15, 0.2) is 6.61 Å². The predicted octanol–water partition coefficient (Wildman–Crippen LogP) is 4.78. The van der Waals surface area contributed by atoms with Gasteiger partial charge in [0.25, 0.3) is 0 Å². The van der Waals surface area contributed by atoms with E-state index >= 15 is 0 Å². The summed E-state index contributed by atoms with van der Waals surface area (Å²) in [5.41, 5.74) is -0.299. The molecule has 3 aromatic rings. The van der Waals surface area contributed by atoms with Gasteiger partial charge in [0.2, 0.25) is 0 Å². The maximum atomic E-state index is 12.6. The third-order valence-electron chi connectivity index (χ3n) is 5.13. The maximum Gasteiger partial charge on any atom is 0.343 e. The third kappa shape index (κ3) is 6.26. The lowest BCUT2D eigenvalue weighted by molar-refractivity contribution is -0.139. The summed E-state index contributed by atoms with van der Waals surface area (Å²) in [6.45, 7) is 3.79. The fourth-order valence-electron chi connectivity index (χ4n) is 3.44. The first kappa shape index (κ1) is 23.2. The second kappa shape index (κ2) is 10.7. The third-order valence-corrected chi connectivity index (χ3v) is 5.13. The lowest BCUT2D eigenvalue weighted by atomic mass is 9.99. The second-order valence-corrected chi connectivity index (χ2v) is 8.12. The van der Waals surface area contributed by atoms with Gasteiger partial charge < -0.3 is 24.1 Å². The first-order valence-electron chi connectivity index (χ1n) is 10.7. The van der Waals surface area contributed by atoms with Crippen LogP contribution in [0.25, 0.3) is 11.0 Å². The van der Waals surface area contributed by atoms with E-state index in [0.717, 1.165) is 18.6 Å². The summed E-state index contributed by atoms with van der Waals surface area (Å²) >= 11 is 0. The van der Waals surface area contributed by atoms with E-state index in [1.54, 1.807) is 6.07 Å². The molecule has 1 heterocycles. The molecule has 0 aliphatic carbocycles. The van der Waals surface area contributed by atoms with Crippen LogP contribution in [-0.2, 0) is 11.2 Å². The highest BCUT2D eigenvalue weighted by Gasteiger charge is 2.18. The molecule has 0 aliphatic heterocycles. The van der Waals surface area contributed by atoms with Crippen molar-refractivity contribution >= 4 is 16.9 Å². The van der Waals surface area contributed by atoms with Crippen LogP contribution in [0, 0.1) is 5.92 Å². The van der Waals surface area contributed by atoms with E-state index in [9.17, 15) is 14.7 Å². The van der Waals surface area contributed by atoms with E-state index in [4.69, 9.17) is 19.0 Å². The van der Waals surface area contributed by atoms with Crippen LogP contribution in [0.2, 0.25) is 0 Å². The monoisotopic (exact) mass is 440 g/mol. The molecule has 32 heavy (non-hydrogen) atoms. The molecule has 7 heteroatoms. The molecule has 0 fully saturated rings. The van der Waals surface area contributed by atoms with Crippen molar-refractivity contribution in [2.45, 2.75) is 45.6 Å². The quantitative estimate of drug-likeness (QED) is 0.413. The lowest BCUT2D eigenvalue weighted by Gasteiger charge is -2.20. The molecule has 0 spiro atoms. The summed E-state index contributed by atoms with van der Waals surface area (Å²) in [6, 6.07) is 14.0. The van der Waals surface area contributed by atoms with Crippen LogP contribution < -0.4 is 15.1 Å². The number of ether oxygens (including phenoxy) is 2. The fourth-order valence-corrected chi connectivity index (χ4v) is 3.44. The van der Waals surface area contributed by atoms with Crippen LogP contribution in [0.5, 0.6) is 17.2 Å². The van der Waals surface area contributed by atoms with Crippen molar-refractivity contribution in [1.29, 1.82) is 0 Å². The fraction of sp³-hybridized carbons (Fsp3) is 0.360. The summed E-state index contributed by atoms with van der Waals surface area (Å²) in [5.74, 6) is 0.275.